The zero-order chi connectivity index (χ0) is 11.4. The summed E-state index contributed by atoms with van der Waals surface area (Å²) in [4.78, 5) is 11.9. The molecule has 2 heterocycles. The average molecular weight is 241 g/mol. The Morgan fingerprint density at radius 3 is 3.25 bits per heavy atom. The molecule has 0 aliphatic carbocycles. The van der Waals surface area contributed by atoms with Gasteiger partial charge in [0.1, 0.15) is 0 Å². The minimum absolute atomic E-state index is 0.0308. The van der Waals surface area contributed by atoms with Gasteiger partial charge < -0.3 is 5.32 Å². The number of hydrogen-bond acceptors (Lipinski definition) is 6. The highest BCUT2D eigenvalue weighted by atomic mass is 32.1. The second-order valence-corrected chi connectivity index (χ2v) is 4.69. The van der Waals surface area contributed by atoms with Crippen molar-refractivity contribution in [3.05, 3.63) is 0 Å². The number of amides is 1. The van der Waals surface area contributed by atoms with Gasteiger partial charge in [0, 0.05) is 11.5 Å². The molecule has 1 amide bonds. The molecule has 1 saturated heterocycles. The summed E-state index contributed by atoms with van der Waals surface area (Å²) < 4.78 is 3.60. The maximum Gasteiger partial charge on any atom is 0.243 e. The Balaban J connectivity index is 1.89. The minimum Gasteiger partial charge on any atom is -0.306 e. The van der Waals surface area contributed by atoms with E-state index < -0.39 is 0 Å². The van der Waals surface area contributed by atoms with E-state index in [2.05, 4.69) is 32.4 Å². The first-order valence-electron chi connectivity index (χ1n) is 5.49. The highest BCUT2D eigenvalue weighted by molar-refractivity contribution is 7.09. The van der Waals surface area contributed by atoms with Crippen LogP contribution in [0.2, 0.25) is 0 Å². The monoisotopic (exact) mass is 241 g/mol. The van der Waals surface area contributed by atoms with E-state index in [4.69, 9.17) is 0 Å². The fourth-order valence-electron chi connectivity index (χ4n) is 1.94. The van der Waals surface area contributed by atoms with Gasteiger partial charge in [-0.05, 0) is 30.5 Å². The van der Waals surface area contributed by atoms with Gasteiger partial charge in [0.2, 0.25) is 11.0 Å². The summed E-state index contributed by atoms with van der Waals surface area (Å²) in [7, 11) is 0. The Hall–Kier alpha value is -1.08. The lowest BCUT2D eigenvalue weighted by Gasteiger charge is -2.28. The first-order valence-corrected chi connectivity index (χ1v) is 6.26. The van der Waals surface area contributed by atoms with Crippen LogP contribution in [0.3, 0.4) is 0 Å². The lowest BCUT2D eigenvalue weighted by Crippen LogP contribution is -2.46. The Bertz CT molecular complexity index is 342. The van der Waals surface area contributed by atoms with Crippen LogP contribution in [-0.2, 0) is 4.79 Å². The van der Waals surface area contributed by atoms with Crippen molar-refractivity contribution in [1.29, 1.82) is 0 Å². The number of carbonyl (C=O) groups is 1. The molecule has 1 aliphatic heterocycles. The van der Waals surface area contributed by atoms with Gasteiger partial charge in [-0.25, -0.2) is 0 Å². The number of aromatic nitrogens is 3. The normalized spacial score (nSPS) is 25.3. The van der Waals surface area contributed by atoms with Crippen molar-refractivity contribution >= 4 is 22.6 Å². The van der Waals surface area contributed by atoms with Gasteiger partial charge in [-0.3, -0.25) is 10.1 Å². The van der Waals surface area contributed by atoms with Crippen LogP contribution < -0.4 is 10.6 Å². The Morgan fingerprint density at radius 2 is 2.56 bits per heavy atom. The molecule has 88 valence electrons. The third kappa shape index (κ3) is 2.73. The summed E-state index contributed by atoms with van der Waals surface area (Å²) in [5.74, 6) is 0.612. The van der Waals surface area contributed by atoms with Gasteiger partial charge in [-0.1, -0.05) is 22.9 Å². The molecule has 1 aromatic rings. The summed E-state index contributed by atoms with van der Waals surface area (Å²) in [5.41, 5.74) is 0. The van der Waals surface area contributed by atoms with Gasteiger partial charge in [-0.15, -0.1) is 0 Å². The quantitative estimate of drug-likeness (QED) is 0.812. The van der Waals surface area contributed by atoms with Gasteiger partial charge >= 0.3 is 0 Å². The molecule has 6 nitrogen and oxygen atoms in total. The largest absolute Gasteiger partial charge is 0.306 e. The van der Waals surface area contributed by atoms with Crippen molar-refractivity contribution in [1.82, 2.24) is 20.1 Å². The molecule has 7 heteroatoms. The van der Waals surface area contributed by atoms with Gasteiger partial charge in [-0.2, -0.15) is 0 Å². The maximum atomic E-state index is 11.9. The molecule has 1 aromatic heterocycles. The molecule has 1 aliphatic rings. The summed E-state index contributed by atoms with van der Waals surface area (Å²) >= 11 is 1.09. The predicted octanol–water partition coefficient (Wildman–Crippen LogP) is 0.650. The lowest BCUT2D eigenvalue weighted by molar-refractivity contribution is -0.119. The van der Waals surface area contributed by atoms with Crippen molar-refractivity contribution in [2.24, 2.45) is 5.92 Å². The van der Waals surface area contributed by atoms with Gasteiger partial charge in [0.15, 0.2) is 0 Å². The summed E-state index contributed by atoms with van der Waals surface area (Å²) in [6, 6.07) is -0.109. The zero-order valence-electron chi connectivity index (χ0n) is 9.14. The van der Waals surface area contributed by atoms with Crippen molar-refractivity contribution in [3.8, 4) is 0 Å². The minimum atomic E-state index is -0.109. The van der Waals surface area contributed by atoms with E-state index in [9.17, 15) is 4.79 Å². The molecule has 2 N–H and O–H groups in total. The van der Waals surface area contributed by atoms with E-state index >= 15 is 0 Å². The molecular weight excluding hydrogens is 226 g/mol. The van der Waals surface area contributed by atoms with Crippen molar-refractivity contribution in [2.45, 2.75) is 32.2 Å². The van der Waals surface area contributed by atoms with E-state index in [0.717, 1.165) is 37.3 Å². The van der Waals surface area contributed by atoms with Crippen molar-refractivity contribution in [3.63, 3.8) is 0 Å². The van der Waals surface area contributed by atoms with E-state index in [0.29, 0.717) is 11.0 Å². The third-order valence-electron chi connectivity index (χ3n) is 2.94. The highest BCUT2D eigenvalue weighted by Crippen LogP contribution is 2.20. The molecule has 0 spiro atoms. The molecular formula is C9H15N5OS. The topological polar surface area (TPSA) is 79.8 Å². The molecule has 2 unspecified atom stereocenters. The first kappa shape index (κ1) is 11.4. The fourth-order valence-corrected chi connectivity index (χ4v) is 2.31. The molecule has 2 atom stereocenters. The standard InChI is InChI=1S/C9H15N5OS/c1-2-6-3-4-10-7(5-6)8(15)11-9-12-13-14-16-9/h6-7,10H,2-5H2,1H3,(H,11,12,14,15). The van der Waals surface area contributed by atoms with Crippen LogP contribution in [0.4, 0.5) is 5.13 Å². The number of nitrogens with zero attached hydrogens (tertiary/aromatic N) is 3. The van der Waals surface area contributed by atoms with E-state index in [1.165, 1.54) is 0 Å². The van der Waals surface area contributed by atoms with Gasteiger partial charge in [0.25, 0.3) is 0 Å². The number of carbonyl (C=O) groups excluding carboxylic acids is 1. The Kier molecular flexibility index (Phi) is 3.79. The SMILES string of the molecule is CCC1CCNC(C(=O)Nc2nnns2)C1. The molecule has 2 rings (SSSR count). The van der Waals surface area contributed by atoms with Crippen LogP contribution in [0.1, 0.15) is 26.2 Å². The van der Waals surface area contributed by atoms with Crippen molar-refractivity contribution < 1.29 is 4.79 Å². The Labute approximate surface area is 98.0 Å². The van der Waals surface area contributed by atoms with Crippen LogP contribution in [0.25, 0.3) is 0 Å². The summed E-state index contributed by atoms with van der Waals surface area (Å²) in [6.45, 7) is 3.07. The lowest BCUT2D eigenvalue weighted by atomic mass is 9.90. The molecule has 0 saturated carbocycles. The predicted molar refractivity (Wildman–Crippen MR) is 61.1 cm³/mol. The summed E-state index contributed by atoms with van der Waals surface area (Å²) in [6.07, 6.45) is 3.18. The molecule has 0 radical (unpaired) electrons. The molecule has 0 bridgehead atoms. The summed E-state index contributed by atoms with van der Waals surface area (Å²) in [5, 5.41) is 13.5. The maximum absolute atomic E-state index is 11.9. The van der Waals surface area contributed by atoms with Crippen LogP contribution in [0.15, 0.2) is 0 Å². The van der Waals surface area contributed by atoms with Crippen LogP contribution in [-0.4, -0.2) is 33.3 Å². The number of nitrogens with one attached hydrogen (secondary N) is 2. The number of anilines is 1. The van der Waals surface area contributed by atoms with Gasteiger partial charge in [0.05, 0.1) is 6.04 Å². The number of piperidine rings is 1. The average Bonchev–Trinajstić information content (AvgIpc) is 2.82. The van der Waals surface area contributed by atoms with E-state index in [-0.39, 0.29) is 11.9 Å². The number of hydrogen-bond donors (Lipinski definition) is 2. The molecule has 16 heavy (non-hydrogen) atoms. The molecule has 1 fully saturated rings. The number of rotatable bonds is 3. The van der Waals surface area contributed by atoms with Crippen LogP contribution in [0.5, 0.6) is 0 Å². The van der Waals surface area contributed by atoms with Crippen LogP contribution in [0, 0.1) is 5.92 Å². The van der Waals surface area contributed by atoms with E-state index in [1.807, 2.05) is 0 Å². The molecule has 0 aromatic carbocycles. The smallest absolute Gasteiger partial charge is 0.243 e. The highest BCUT2D eigenvalue weighted by Gasteiger charge is 2.26. The fraction of sp³-hybridized carbons (Fsp3) is 0.778. The first-order chi connectivity index (χ1) is 7.79. The second kappa shape index (κ2) is 5.31. The van der Waals surface area contributed by atoms with Crippen LogP contribution >= 0.6 is 11.5 Å². The van der Waals surface area contributed by atoms with Crippen molar-refractivity contribution in [2.75, 3.05) is 11.9 Å². The second-order valence-electron chi connectivity index (χ2n) is 3.96. The van der Waals surface area contributed by atoms with E-state index in [1.54, 1.807) is 0 Å². The zero-order valence-corrected chi connectivity index (χ0v) is 9.96. The Morgan fingerprint density at radius 1 is 1.69 bits per heavy atom. The third-order valence-corrected chi connectivity index (χ3v) is 3.45.